The highest BCUT2D eigenvalue weighted by Crippen LogP contribution is 2.25. The van der Waals surface area contributed by atoms with Crippen molar-refractivity contribution < 1.29 is 14.2 Å². The topological polar surface area (TPSA) is 55.3 Å². The predicted octanol–water partition coefficient (Wildman–Crippen LogP) is 3.31. The number of hydrogen-bond acceptors (Lipinski definition) is 4. The first kappa shape index (κ1) is 25.1. The summed E-state index contributed by atoms with van der Waals surface area (Å²) in [5, 5.41) is 3.48. The number of benzene rings is 1. The molecule has 1 aliphatic rings. The van der Waals surface area contributed by atoms with Gasteiger partial charge in [-0.1, -0.05) is 23.8 Å². The van der Waals surface area contributed by atoms with Crippen molar-refractivity contribution in [2.24, 2.45) is 4.99 Å². The maximum Gasteiger partial charge on any atom is 0.193 e. The van der Waals surface area contributed by atoms with Crippen molar-refractivity contribution in [3.8, 4) is 0 Å². The number of aliphatic imine (C=N–C) groups is 1. The lowest BCUT2D eigenvalue weighted by Gasteiger charge is -2.35. The third-order valence-corrected chi connectivity index (χ3v) is 4.78. The van der Waals surface area contributed by atoms with E-state index in [1.807, 2.05) is 7.05 Å². The van der Waals surface area contributed by atoms with E-state index in [0.29, 0.717) is 19.8 Å². The fraction of sp³-hybridized carbons (Fsp3) is 0.667. The van der Waals surface area contributed by atoms with Crippen LogP contribution in [0.4, 0.5) is 0 Å². The minimum Gasteiger partial charge on any atom is -0.382 e. The van der Waals surface area contributed by atoms with Gasteiger partial charge in [0.15, 0.2) is 5.96 Å². The molecule has 0 saturated carbocycles. The lowest BCUT2D eigenvalue weighted by Crippen LogP contribution is -2.48. The number of rotatable bonds is 9. The van der Waals surface area contributed by atoms with E-state index in [0.717, 1.165) is 45.0 Å². The molecule has 2 rings (SSSR count). The van der Waals surface area contributed by atoms with Gasteiger partial charge in [-0.05, 0) is 37.8 Å². The van der Waals surface area contributed by atoms with E-state index >= 15 is 0 Å². The first-order valence-electron chi connectivity index (χ1n) is 9.86. The Morgan fingerprint density at radius 2 is 2.07 bits per heavy atom. The quantitative estimate of drug-likeness (QED) is 0.242. The maximum absolute atomic E-state index is 6.05. The smallest absolute Gasteiger partial charge is 0.193 e. The van der Waals surface area contributed by atoms with Crippen LogP contribution in [0, 0.1) is 13.8 Å². The van der Waals surface area contributed by atoms with Gasteiger partial charge in [-0.25, -0.2) is 0 Å². The monoisotopic (exact) mass is 505 g/mol. The van der Waals surface area contributed by atoms with Crippen molar-refractivity contribution in [2.45, 2.75) is 32.8 Å². The number of aryl methyl sites for hydroxylation is 2. The molecule has 0 aromatic heterocycles. The zero-order chi connectivity index (χ0) is 19.5. The molecule has 0 spiro atoms. The summed E-state index contributed by atoms with van der Waals surface area (Å²) in [4.78, 5) is 6.76. The molecular weight excluding hydrogens is 469 g/mol. The molecule has 6 nitrogen and oxygen atoms in total. The largest absolute Gasteiger partial charge is 0.382 e. The fourth-order valence-corrected chi connectivity index (χ4v) is 3.32. The molecule has 0 radical (unpaired) electrons. The summed E-state index contributed by atoms with van der Waals surface area (Å²) in [5.41, 5.74) is 3.85. The summed E-state index contributed by atoms with van der Waals surface area (Å²) in [6.45, 7) is 9.67. The Kier molecular flexibility index (Phi) is 12.7. The van der Waals surface area contributed by atoms with Crippen molar-refractivity contribution in [3.63, 3.8) is 0 Å². The Bertz CT molecular complexity index is 598. The van der Waals surface area contributed by atoms with Gasteiger partial charge >= 0.3 is 0 Å². The second-order valence-electron chi connectivity index (χ2n) is 6.95. The molecule has 28 heavy (non-hydrogen) atoms. The van der Waals surface area contributed by atoms with Gasteiger partial charge in [-0.3, -0.25) is 4.99 Å². The molecular formula is C21H36IN3O3. The molecule has 1 unspecified atom stereocenters. The number of methoxy groups -OCH3 is 1. The van der Waals surface area contributed by atoms with E-state index < -0.39 is 0 Å². The molecule has 1 saturated heterocycles. The molecule has 1 fully saturated rings. The van der Waals surface area contributed by atoms with Crippen LogP contribution in [-0.2, 0) is 14.2 Å². The summed E-state index contributed by atoms with van der Waals surface area (Å²) in [6.07, 6.45) is 2.17. The number of halogens is 1. The first-order chi connectivity index (χ1) is 13.2. The van der Waals surface area contributed by atoms with Gasteiger partial charge in [-0.15, -0.1) is 24.0 Å². The first-order valence-corrected chi connectivity index (χ1v) is 9.86. The summed E-state index contributed by atoms with van der Waals surface area (Å²) in [5.74, 6) is 0.952. The van der Waals surface area contributed by atoms with Crippen LogP contribution in [0.2, 0.25) is 0 Å². The summed E-state index contributed by atoms with van der Waals surface area (Å²) < 4.78 is 16.5. The molecule has 1 aromatic carbocycles. The Morgan fingerprint density at radius 3 is 2.79 bits per heavy atom. The van der Waals surface area contributed by atoms with Gasteiger partial charge in [0.25, 0.3) is 0 Å². The Hall–Kier alpha value is -0.900. The zero-order valence-corrected chi connectivity index (χ0v) is 20.0. The molecule has 1 N–H and O–H groups in total. The number of nitrogens with one attached hydrogen (secondary N) is 1. The molecule has 1 atom stereocenters. The van der Waals surface area contributed by atoms with Gasteiger partial charge in [0.05, 0.1) is 26.4 Å². The third-order valence-electron chi connectivity index (χ3n) is 4.78. The number of unbranched alkanes of at least 4 members (excludes halogenated alkanes) is 1. The van der Waals surface area contributed by atoms with Crippen LogP contribution >= 0.6 is 24.0 Å². The standard InChI is InChI=1S/C21H35N3O3.HI/c1-17-7-8-19(18(2)15-17)20-16-24(10-12-27-20)21(22-3)23-9-5-6-11-26-14-13-25-4;/h7-8,15,20H,5-6,9-14,16H2,1-4H3,(H,22,23);1H. The minimum absolute atomic E-state index is 0. The van der Waals surface area contributed by atoms with Crippen LogP contribution in [0.3, 0.4) is 0 Å². The third kappa shape index (κ3) is 8.23. The molecule has 0 amide bonds. The fourth-order valence-electron chi connectivity index (χ4n) is 3.32. The van der Waals surface area contributed by atoms with Crippen molar-refractivity contribution in [2.75, 3.05) is 60.2 Å². The van der Waals surface area contributed by atoms with E-state index in [-0.39, 0.29) is 30.1 Å². The van der Waals surface area contributed by atoms with Crippen LogP contribution in [0.25, 0.3) is 0 Å². The van der Waals surface area contributed by atoms with E-state index in [1.165, 1.54) is 16.7 Å². The molecule has 0 bridgehead atoms. The average Bonchev–Trinajstić information content (AvgIpc) is 2.67. The minimum atomic E-state index is 0. The van der Waals surface area contributed by atoms with E-state index in [1.54, 1.807) is 7.11 Å². The van der Waals surface area contributed by atoms with Crippen LogP contribution in [0.5, 0.6) is 0 Å². The van der Waals surface area contributed by atoms with E-state index in [2.05, 4.69) is 47.3 Å². The van der Waals surface area contributed by atoms with E-state index in [9.17, 15) is 0 Å². The number of ether oxygens (including phenoxy) is 3. The van der Waals surface area contributed by atoms with Crippen LogP contribution < -0.4 is 5.32 Å². The lowest BCUT2D eigenvalue weighted by molar-refractivity contribution is -0.00832. The predicted molar refractivity (Wildman–Crippen MR) is 125 cm³/mol. The lowest BCUT2D eigenvalue weighted by atomic mass is 10.00. The number of guanidine groups is 1. The Balaban J connectivity index is 0.00000392. The maximum atomic E-state index is 6.05. The van der Waals surface area contributed by atoms with Gasteiger partial charge < -0.3 is 24.4 Å². The van der Waals surface area contributed by atoms with E-state index in [4.69, 9.17) is 14.2 Å². The summed E-state index contributed by atoms with van der Waals surface area (Å²) in [6, 6.07) is 6.57. The van der Waals surface area contributed by atoms with Gasteiger partial charge in [0, 0.05) is 33.9 Å². The van der Waals surface area contributed by atoms with Crippen molar-refractivity contribution in [1.82, 2.24) is 10.2 Å². The number of morpholine rings is 1. The van der Waals surface area contributed by atoms with Crippen LogP contribution in [-0.4, -0.2) is 71.1 Å². The summed E-state index contributed by atoms with van der Waals surface area (Å²) >= 11 is 0. The molecule has 1 aromatic rings. The molecule has 160 valence electrons. The second kappa shape index (κ2) is 14.1. The number of hydrogen-bond donors (Lipinski definition) is 1. The van der Waals surface area contributed by atoms with Crippen LogP contribution in [0.15, 0.2) is 23.2 Å². The van der Waals surface area contributed by atoms with Crippen molar-refractivity contribution >= 4 is 29.9 Å². The van der Waals surface area contributed by atoms with Gasteiger partial charge in [0.2, 0.25) is 0 Å². The Morgan fingerprint density at radius 1 is 1.25 bits per heavy atom. The SMILES string of the molecule is CN=C(NCCCCOCCOC)N1CCOC(c2ccc(C)cc2C)C1.I. The average molecular weight is 505 g/mol. The molecule has 0 aliphatic carbocycles. The highest BCUT2D eigenvalue weighted by atomic mass is 127. The van der Waals surface area contributed by atoms with Gasteiger partial charge in [-0.2, -0.15) is 0 Å². The van der Waals surface area contributed by atoms with Crippen molar-refractivity contribution in [1.29, 1.82) is 0 Å². The molecule has 7 heteroatoms. The second-order valence-corrected chi connectivity index (χ2v) is 6.95. The molecule has 1 aliphatic heterocycles. The molecule has 1 heterocycles. The normalized spacial score (nSPS) is 17.4. The highest BCUT2D eigenvalue weighted by Gasteiger charge is 2.25. The number of nitrogens with zero attached hydrogens (tertiary/aromatic N) is 2. The zero-order valence-electron chi connectivity index (χ0n) is 17.7. The van der Waals surface area contributed by atoms with Crippen molar-refractivity contribution in [3.05, 3.63) is 34.9 Å². The van der Waals surface area contributed by atoms with Crippen LogP contribution in [0.1, 0.15) is 35.6 Å². The Labute approximate surface area is 187 Å². The highest BCUT2D eigenvalue weighted by molar-refractivity contribution is 14.0. The van der Waals surface area contributed by atoms with Gasteiger partial charge in [0.1, 0.15) is 6.10 Å². The summed E-state index contributed by atoms with van der Waals surface area (Å²) in [7, 11) is 3.53.